The van der Waals surface area contributed by atoms with Crippen LogP contribution in [0.5, 0.6) is 5.88 Å². The molecule has 21 heavy (non-hydrogen) atoms. The highest BCUT2D eigenvalue weighted by Crippen LogP contribution is 2.32. The summed E-state index contributed by atoms with van der Waals surface area (Å²) in [4.78, 5) is 4.33. The highest BCUT2D eigenvalue weighted by Gasteiger charge is 2.30. The Morgan fingerprint density at radius 1 is 1.10 bits per heavy atom. The maximum atomic E-state index is 12.8. The summed E-state index contributed by atoms with van der Waals surface area (Å²) in [5.41, 5.74) is 0.798. The van der Waals surface area contributed by atoms with Gasteiger partial charge in [0.05, 0.1) is 18.4 Å². The van der Waals surface area contributed by atoms with Gasteiger partial charge < -0.3 is 4.74 Å². The van der Waals surface area contributed by atoms with E-state index in [-0.39, 0.29) is 0 Å². The Balaban J connectivity index is 2.13. The summed E-state index contributed by atoms with van der Waals surface area (Å²) in [5.74, 6) is 0.568. The number of hydrogen-bond donors (Lipinski definition) is 0. The van der Waals surface area contributed by atoms with Gasteiger partial charge in [0.15, 0.2) is 5.88 Å². The molecule has 0 radical (unpaired) electrons. The summed E-state index contributed by atoms with van der Waals surface area (Å²) in [5, 5.41) is 0. The Bertz CT molecular complexity index is 793. The van der Waals surface area contributed by atoms with E-state index in [0.29, 0.717) is 22.8 Å². The molecule has 6 heteroatoms. The summed E-state index contributed by atoms with van der Waals surface area (Å²) >= 11 is 0. The van der Waals surface area contributed by atoms with Gasteiger partial charge in [0, 0.05) is 11.8 Å². The number of nitrogens with zero attached hydrogens (tertiary/aromatic N) is 2. The number of alkyl halides is 3. The average molecular weight is 292 g/mol. The molecule has 108 valence electrons. The van der Waals surface area contributed by atoms with Gasteiger partial charge in [-0.3, -0.25) is 4.40 Å². The van der Waals surface area contributed by atoms with E-state index in [2.05, 4.69) is 4.98 Å². The molecule has 0 saturated heterocycles. The largest absolute Gasteiger partial charge is 0.482 e. The van der Waals surface area contributed by atoms with Gasteiger partial charge in [0.25, 0.3) is 0 Å². The van der Waals surface area contributed by atoms with E-state index in [1.807, 2.05) is 0 Å². The second-order valence-corrected chi connectivity index (χ2v) is 4.50. The van der Waals surface area contributed by atoms with E-state index in [9.17, 15) is 13.2 Å². The van der Waals surface area contributed by atoms with Crippen molar-refractivity contribution in [1.29, 1.82) is 0 Å². The van der Waals surface area contributed by atoms with E-state index in [1.165, 1.54) is 13.2 Å². The topological polar surface area (TPSA) is 26.5 Å². The van der Waals surface area contributed by atoms with Crippen molar-refractivity contribution in [2.45, 2.75) is 6.18 Å². The summed E-state index contributed by atoms with van der Waals surface area (Å²) < 4.78 is 45.2. The van der Waals surface area contributed by atoms with Crippen LogP contribution in [0, 0.1) is 0 Å². The number of benzene rings is 1. The summed E-state index contributed by atoms with van der Waals surface area (Å²) in [7, 11) is 1.53. The Kier molecular flexibility index (Phi) is 3.08. The number of rotatable bonds is 2. The molecule has 0 atom stereocenters. The highest BCUT2D eigenvalue weighted by atomic mass is 19.4. The molecular weight excluding hydrogens is 281 g/mol. The Labute approximate surface area is 118 Å². The molecule has 0 unspecified atom stereocenters. The predicted octanol–water partition coefficient (Wildman–Crippen LogP) is 4.03. The van der Waals surface area contributed by atoms with Crippen molar-refractivity contribution in [3.63, 3.8) is 0 Å². The number of aromatic nitrogens is 2. The first-order valence-corrected chi connectivity index (χ1v) is 6.19. The standard InChI is InChI=1S/C15H11F3N2O/c1-21-14-7-3-6-13-19-12(9-20(13)14)10-4-2-5-11(8-10)15(16,17)18/h2-9H,1H3. The molecule has 0 aliphatic rings. The molecule has 0 spiro atoms. The van der Waals surface area contributed by atoms with Crippen molar-refractivity contribution in [3.05, 3.63) is 54.2 Å². The van der Waals surface area contributed by atoms with E-state index in [1.54, 1.807) is 34.9 Å². The molecule has 1 aromatic carbocycles. The molecule has 0 fully saturated rings. The van der Waals surface area contributed by atoms with Crippen molar-refractivity contribution < 1.29 is 17.9 Å². The van der Waals surface area contributed by atoms with Crippen LogP contribution in [-0.2, 0) is 6.18 Å². The van der Waals surface area contributed by atoms with Gasteiger partial charge in [-0.05, 0) is 24.3 Å². The smallest absolute Gasteiger partial charge is 0.416 e. The second kappa shape index (κ2) is 4.80. The summed E-state index contributed by atoms with van der Waals surface area (Å²) in [6.07, 6.45) is -2.71. The Morgan fingerprint density at radius 2 is 1.86 bits per heavy atom. The van der Waals surface area contributed by atoms with Crippen molar-refractivity contribution in [3.8, 4) is 17.1 Å². The summed E-state index contributed by atoms with van der Waals surface area (Å²) in [6.45, 7) is 0. The molecule has 3 nitrogen and oxygen atoms in total. The Hall–Kier alpha value is -2.50. The van der Waals surface area contributed by atoms with Crippen LogP contribution in [0.1, 0.15) is 5.56 Å². The molecule has 0 saturated carbocycles. The third-order valence-electron chi connectivity index (χ3n) is 3.15. The molecule has 0 N–H and O–H groups in total. The first-order chi connectivity index (χ1) is 9.99. The fourth-order valence-electron chi connectivity index (χ4n) is 2.15. The van der Waals surface area contributed by atoms with E-state index in [4.69, 9.17) is 4.74 Å². The summed E-state index contributed by atoms with van der Waals surface area (Å²) in [6, 6.07) is 10.4. The van der Waals surface area contributed by atoms with Crippen LogP contribution in [0.4, 0.5) is 13.2 Å². The van der Waals surface area contributed by atoms with Gasteiger partial charge in [0.1, 0.15) is 5.65 Å². The first-order valence-electron chi connectivity index (χ1n) is 6.19. The lowest BCUT2D eigenvalue weighted by atomic mass is 10.1. The third kappa shape index (κ3) is 2.44. The van der Waals surface area contributed by atoms with Crippen LogP contribution in [0.25, 0.3) is 16.9 Å². The van der Waals surface area contributed by atoms with Gasteiger partial charge in [-0.15, -0.1) is 0 Å². The predicted molar refractivity (Wildman–Crippen MR) is 72.2 cm³/mol. The van der Waals surface area contributed by atoms with Gasteiger partial charge in [-0.2, -0.15) is 13.2 Å². The maximum Gasteiger partial charge on any atom is 0.416 e. The molecular formula is C15H11F3N2O. The number of halogens is 3. The number of pyridine rings is 1. The Morgan fingerprint density at radius 3 is 2.57 bits per heavy atom. The zero-order valence-electron chi connectivity index (χ0n) is 11.1. The van der Waals surface area contributed by atoms with Crippen LogP contribution >= 0.6 is 0 Å². The minimum absolute atomic E-state index is 0.413. The van der Waals surface area contributed by atoms with Crippen LogP contribution in [0.15, 0.2) is 48.7 Å². The van der Waals surface area contributed by atoms with Crippen molar-refractivity contribution in [2.24, 2.45) is 0 Å². The quantitative estimate of drug-likeness (QED) is 0.713. The van der Waals surface area contributed by atoms with Gasteiger partial charge in [0.2, 0.25) is 0 Å². The SMILES string of the molecule is COc1cccc2nc(-c3cccc(C(F)(F)F)c3)cn12. The molecule has 3 aromatic rings. The maximum absolute atomic E-state index is 12.8. The zero-order chi connectivity index (χ0) is 15.0. The van der Waals surface area contributed by atoms with Gasteiger partial charge in [-0.25, -0.2) is 4.98 Å². The third-order valence-corrected chi connectivity index (χ3v) is 3.15. The number of imidazole rings is 1. The zero-order valence-corrected chi connectivity index (χ0v) is 11.1. The molecule has 0 bridgehead atoms. The minimum Gasteiger partial charge on any atom is -0.482 e. The molecule has 0 amide bonds. The average Bonchev–Trinajstić information content (AvgIpc) is 2.90. The number of hydrogen-bond acceptors (Lipinski definition) is 2. The van der Waals surface area contributed by atoms with Crippen molar-refractivity contribution in [1.82, 2.24) is 9.38 Å². The van der Waals surface area contributed by atoms with Gasteiger partial charge >= 0.3 is 6.18 Å². The highest BCUT2D eigenvalue weighted by molar-refractivity contribution is 5.64. The fraction of sp³-hybridized carbons (Fsp3) is 0.133. The monoisotopic (exact) mass is 292 g/mol. The number of methoxy groups -OCH3 is 1. The minimum atomic E-state index is -4.37. The van der Waals surface area contributed by atoms with Gasteiger partial charge in [-0.1, -0.05) is 18.2 Å². The van der Waals surface area contributed by atoms with Crippen molar-refractivity contribution in [2.75, 3.05) is 7.11 Å². The van der Waals surface area contributed by atoms with Crippen molar-refractivity contribution >= 4 is 5.65 Å². The van der Waals surface area contributed by atoms with Crippen LogP contribution < -0.4 is 4.74 Å². The molecule has 0 aliphatic heterocycles. The number of fused-ring (bicyclic) bond motifs is 1. The lowest BCUT2D eigenvalue weighted by Gasteiger charge is -2.07. The van der Waals surface area contributed by atoms with E-state index < -0.39 is 11.7 Å². The van der Waals surface area contributed by atoms with Crippen LogP contribution in [-0.4, -0.2) is 16.5 Å². The molecule has 0 aliphatic carbocycles. The van der Waals surface area contributed by atoms with E-state index in [0.717, 1.165) is 12.1 Å². The van der Waals surface area contributed by atoms with E-state index >= 15 is 0 Å². The first kappa shape index (κ1) is 13.5. The molecule has 2 aromatic heterocycles. The lowest BCUT2D eigenvalue weighted by Crippen LogP contribution is -2.04. The lowest BCUT2D eigenvalue weighted by molar-refractivity contribution is -0.137. The molecule has 3 rings (SSSR count). The van der Waals surface area contributed by atoms with Crippen LogP contribution in [0.3, 0.4) is 0 Å². The normalized spacial score (nSPS) is 11.8. The second-order valence-electron chi connectivity index (χ2n) is 4.50. The number of ether oxygens (including phenoxy) is 1. The van der Waals surface area contributed by atoms with Crippen LogP contribution in [0.2, 0.25) is 0 Å². The fourth-order valence-corrected chi connectivity index (χ4v) is 2.15. The molecule has 2 heterocycles.